The van der Waals surface area contributed by atoms with E-state index in [0.29, 0.717) is 12.1 Å². The van der Waals surface area contributed by atoms with Gasteiger partial charge in [0.1, 0.15) is 0 Å². The molecule has 0 bridgehead atoms. The Kier molecular flexibility index (Phi) is 2.54. The molecule has 1 amide bonds. The lowest BCUT2D eigenvalue weighted by molar-refractivity contribution is -0.120. The summed E-state index contributed by atoms with van der Waals surface area (Å²) in [5.74, 6) is -0.692. The van der Waals surface area contributed by atoms with Crippen molar-refractivity contribution in [2.24, 2.45) is 21.6 Å². The second-order valence-electron chi connectivity index (χ2n) is 2.63. The second kappa shape index (κ2) is 3.44. The molecule has 1 atom stereocenters. The number of hydrogen-bond acceptors (Lipinski definition) is 4. The number of carbonyl (C=O) groups excluding carboxylic acids is 1. The zero-order valence-corrected chi connectivity index (χ0v) is 6.82. The van der Waals surface area contributed by atoms with Gasteiger partial charge in [0.25, 0.3) is 5.91 Å². The number of rotatable bonds is 2. The van der Waals surface area contributed by atoms with Gasteiger partial charge in [-0.15, -0.1) is 0 Å². The summed E-state index contributed by atoms with van der Waals surface area (Å²) >= 11 is 0. The third-order valence-corrected chi connectivity index (χ3v) is 1.74. The highest BCUT2D eigenvalue weighted by atomic mass is 16.3. The summed E-state index contributed by atoms with van der Waals surface area (Å²) in [5.41, 5.74) is 5.88. The molecule has 1 heterocycles. The zero-order chi connectivity index (χ0) is 9.14. The summed E-state index contributed by atoms with van der Waals surface area (Å²) in [7, 11) is 0. The van der Waals surface area contributed by atoms with Gasteiger partial charge in [0.05, 0.1) is 5.92 Å². The van der Waals surface area contributed by atoms with Gasteiger partial charge in [-0.05, 0) is 13.3 Å². The van der Waals surface area contributed by atoms with E-state index in [1.54, 1.807) is 6.92 Å². The summed E-state index contributed by atoms with van der Waals surface area (Å²) in [6, 6.07) is 0. The van der Waals surface area contributed by atoms with E-state index in [1.165, 1.54) is 0 Å². The third-order valence-electron chi connectivity index (χ3n) is 1.74. The molecule has 0 saturated heterocycles. The SMILES string of the molecule is CC1=NC(N)=NC(=O)C1CCO. The second-order valence-corrected chi connectivity index (χ2v) is 2.63. The van der Waals surface area contributed by atoms with Crippen LogP contribution in [0.15, 0.2) is 9.98 Å². The summed E-state index contributed by atoms with van der Waals surface area (Å²) in [4.78, 5) is 18.5. The first-order valence-corrected chi connectivity index (χ1v) is 3.69. The summed E-state index contributed by atoms with van der Waals surface area (Å²) < 4.78 is 0. The highest BCUT2D eigenvalue weighted by molar-refractivity contribution is 6.14. The van der Waals surface area contributed by atoms with Crippen LogP contribution in [-0.2, 0) is 4.79 Å². The molecule has 1 rings (SSSR count). The number of nitrogens with two attached hydrogens (primary N) is 1. The minimum Gasteiger partial charge on any atom is -0.396 e. The molecule has 0 radical (unpaired) electrons. The number of hydrogen-bond donors (Lipinski definition) is 2. The van der Waals surface area contributed by atoms with Gasteiger partial charge < -0.3 is 10.8 Å². The number of nitrogens with zero attached hydrogens (tertiary/aromatic N) is 2. The van der Waals surface area contributed by atoms with E-state index in [4.69, 9.17) is 10.8 Å². The van der Waals surface area contributed by atoms with Gasteiger partial charge >= 0.3 is 0 Å². The molecule has 0 saturated carbocycles. The Morgan fingerprint density at radius 1 is 1.58 bits per heavy atom. The van der Waals surface area contributed by atoms with Crippen LogP contribution in [-0.4, -0.2) is 29.3 Å². The lowest BCUT2D eigenvalue weighted by Crippen LogP contribution is -2.30. The number of aliphatic hydroxyl groups is 1. The fourth-order valence-electron chi connectivity index (χ4n) is 1.11. The summed E-state index contributed by atoms with van der Waals surface area (Å²) in [5, 5.41) is 8.63. The Labute approximate surface area is 70.0 Å². The Hall–Kier alpha value is -1.23. The van der Waals surface area contributed by atoms with Crippen LogP contribution in [0.5, 0.6) is 0 Å². The van der Waals surface area contributed by atoms with Crippen LogP contribution in [0.2, 0.25) is 0 Å². The smallest absolute Gasteiger partial charge is 0.257 e. The molecule has 1 aliphatic rings. The standard InChI is InChI=1S/C7H11N3O2/c1-4-5(2-3-11)6(12)10-7(8)9-4/h5,11H,2-3H2,1H3,(H2,8,10,12). The first kappa shape index (κ1) is 8.86. The van der Waals surface area contributed by atoms with Gasteiger partial charge in [-0.1, -0.05) is 0 Å². The fourth-order valence-corrected chi connectivity index (χ4v) is 1.11. The molecule has 0 spiro atoms. The molecule has 3 N–H and O–H groups in total. The van der Waals surface area contributed by atoms with E-state index in [0.717, 1.165) is 0 Å². The Bertz CT molecular complexity index is 257. The number of carbonyl (C=O) groups is 1. The van der Waals surface area contributed by atoms with Crippen LogP contribution >= 0.6 is 0 Å². The molecule has 1 unspecified atom stereocenters. The van der Waals surface area contributed by atoms with Crippen molar-refractivity contribution in [3.05, 3.63) is 0 Å². The largest absolute Gasteiger partial charge is 0.396 e. The lowest BCUT2D eigenvalue weighted by atomic mass is 9.99. The molecule has 12 heavy (non-hydrogen) atoms. The topological polar surface area (TPSA) is 88.0 Å². The van der Waals surface area contributed by atoms with E-state index in [1.807, 2.05) is 0 Å². The predicted molar refractivity (Wildman–Crippen MR) is 44.9 cm³/mol. The van der Waals surface area contributed by atoms with Gasteiger partial charge in [-0.25, -0.2) is 4.99 Å². The minimum atomic E-state index is -0.387. The molecular formula is C7H11N3O2. The van der Waals surface area contributed by atoms with Crippen LogP contribution in [0, 0.1) is 5.92 Å². The summed E-state index contributed by atoms with van der Waals surface area (Å²) in [6.45, 7) is 1.67. The zero-order valence-electron chi connectivity index (χ0n) is 6.82. The average Bonchev–Trinajstić information content (AvgIpc) is 1.96. The van der Waals surface area contributed by atoms with Crippen molar-refractivity contribution < 1.29 is 9.90 Å². The monoisotopic (exact) mass is 169 g/mol. The molecule has 0 aliphatic carbocycles. The van der Waals surface area contributed by atoms with E-state index in [9.17, 15) is 4.79 Å². The number of amides is 1. The molecule has 1 aliphatic heterocycles. The molecule has 66 valence electrons. The molecular weight excluding hydrogens is 158 g/mol. The number of guanidine groups is 1. The van der Waals surface area contributed by atoms with Gasteiger partial charge in [0.15, 0.2) is 0 Å². The number of aliphatic hydroxyl groups excluding tert-OH is 1. The molecule has 5 nitrogen and oxygen atoms in total. The maximum absolute atomic E-state index is 11.1. The Morgan fingerprint density at radius 3 is 2.75 bits per heavy atom. The molecule has 0 aromatic rings. The van der Waals surface area contributed by atoms with Crippen LogP contribution < -0.4 is 5.73 Å². The van der Waals surface area contributed by atoms with E-state index in [-0.39, 0.29) is 24.4 Å². The molecule has 5 heteroatoms. The van der Waals surface area contributed by atoms with Crippen LogP contribution in [0.3, 0.4) is 0 Å². The van der Waals surface area contributed by atoms with Crippen molar-refractivity contribution in [3.63, 3.8) is 0 Å². The minimum absolute atomic E-state index is 0.00619. The van der Waals surface area contributed by atoms with Gasteiger partial charge in [-0.3, -0.25) is 4.79 Å². The predicted octanol–water partition coefficient (Wildman–Crippen LogP) is -0.699. The van der Waals surface area contributed by atoms with Crippen molar-refractivity contribution in [2.75, 3.05) is 6.61 Å². The van der Waals surface area contributed by atoms with Crippen molar-refractivity contribution in [1.82, 2.24) is 0 Å². The summed E-state index contributed by atoms with van der Waals surface area (Å²) in [6.07, 6.45) is 0.366. The number of aliphatic imine (C=N–C) groups is 2. The highest BCUT2D eigenvalue weighted by Crippen LogP contribution is 2.11. The molecule has 0 aromatic carbocycles. The van der Waals surface area contributed by atoms with Crippen molar-refractivity contribution in [3.8, 4) is 0 Å². The third kappa shape index (κ3) is 1.68. The molecule has 0 aromatic heterocycles. The Morgan fingerprint density at radius 2 is 2.25 bits per heavy atom. The van der Waals surface area contributed by atoms with Gasteiger partial charge in [-0.2, -0.15) is 4.99 Å². The van der Waals surface area contributed by atoms with Gasteiger partial charge in [0.2, 0.25) is 5.96 Å². The first-order valence-electron chi connectivity index (χ1n) is 3.69. The quantitative estimate of drug-likeness (QED) is 0.573. The van der Waals surface area contributed by atoms with E-state index >= 15 is 0 Å². The van der Waals surface area contributed by atoms with Crippen molar-refractivity contribution in [1.29, 1.82) is 0 Å². The van der Waals surface area contributed by atoms with Crippen LogP contribution in [0.4, 0.5) is 0 Å². The maximum Gasteiger partial charge on any atom is 0.257 e. The van der Waals surface area contributed by atoms with E-state index < -0.39 is 0 Å². The first-order chi connectivity index (χ1) is 5.65. The van der Waals surface area contributed by atoms with Crippen LogP contribution in [0.1, 0.15) is 13.3 Å². The highest BCUT2D eigenvalue weighted by Gasteiger charge is 2.24. The average molecular weight is 169 g/mol. The Balaban J connectivity index is 2.80. The fraction of sp³-hybridized carbons (Fsp3) is 0.571. The molecule has 0 fully saturated rings. The van der Waals surface area contributed by atoms with Crippen molar-refractivity contribution in [2.45, 2.75) is 13.3 Å². The van der Waals surface area contributed by atoms with Crippen molar-refractivity contribution >= 4 is 17.6 Å². The lowest BCUT2D eigenvalue weighted by Gasteiger charge is -2.14. The maximum atomic E-state index is 11.1. The normalized spacial score (nSPS) is 23.5. The van der Waals surface area contributed by atoms with E-state index in [2.05, 4.69) is 9.98 Å². The van der Waals surface area contributed by atoms with Gasteiger partial charge in [0, 0.05) is 12.3 Å². The van der Waals surface area contributed by atoms with Crippen LogP contribution in [0.25, 0.3) is 0 Å².